The van der Waals surface area contributed by atoms with E-state index in [0.29, 0.717) is 0 Å². The highest BCUT2D eigenvalue weighted by Gasteiger charge is 2.45. The lowest BCUT2D eigenvalue weighted by molar-refractivity contribution is 0.178. The summed E-state index contributed by atoms with van der Waals surface area (Å²) in [7, 11) is 0. The van der Waals surface area contributed by atoms with Crippen molar-refractivity contribution in [3.63, 3.8) is 0 Å². The van der Waals surface area contributed by atoms with Gasteiger partial charge in [0.1, 0.15) is 0 Å². The molecule has 0 aromatic heterocycles. The highest BCUT2D eigenvalue weighted by molar-refractivity contribution is 5.60. The number of benzene rings is 1. The van der Waals surface area contributed by atoms with Gasteiger partial charge in [-0.25, -0.2) is 0 Å². The Morgan fingerprint density at radius 3 is 2.95 bits per heavy atom. The summed E-state index contributed by atoms with van der Waals surface area (Å²) < 4.78 is 0. The Hall–Kier alpha value is -1.02. The highest BCUT2D eigenvalue weighted by Crippen LogP contribution is 2.44. The lowest BCUT2D eigenvalue weighted by Gasteiger charge is -2.51. The number of anilines is 1. The lowest BCUT2D eigenvalue weighted by atomic mass is 9.70. The number of nitrogens with two attached hydrogens (primary N) is 1. The maximum absolute atomic E-state index is 6.30. The molecule has 0 spiro atoms. The van der Waals surface area contributed by atoms with Crippen molar-refractivity contribution < 1.29 is 0 Å². The third-order valence-electron chi connectivity index (χ3n) is 5.44. The summed E-state index contributed by atoms with van der Waals surface area (Å²) >= 11 is 0. The first kappa shape index (κ1) is 13.0. The zero-order valence-electron chi connectivity index (χ0n) is 12.1. The van der Waals surface area contributed by atoms with E-state index in [1.165, 1.54) is 49.8 Å². The normalized spacial score (nSPS) is 30.4. The van der Waals surface area contributed by atoms with E-state index < -0.39 is 0 Å². The zero-order valence-corrected chi connectivity index (χ0v) is 12.1. The lowest BCUT2D eigenvalue weighted by Crippen LogP contribution is -2.59. The number of hydrogen-bond donors (Lipinski definition) is 1. The maximum Gasteiger partial charge on any atom is 0.0552 e. The Morgan fingerprint density at radius 1 is 1.32 bits per heavy atom. The SMILES string of the molecule is CCC1CCCCC1(CN)N1CCc2ccccc21. The molecular formula is C17H26N2. The maximum atomic E-state index is 6.30. The Balaban J connectivity index is 1.98. The molecule has 2 nitrogen and oxygen atoms in total. The summed E-state index contributed by atoms with van der Waals surface area (Å²) in [6.45, 7) is 4.30. The van der Waals surface area contributed by atoms with Crippen LogP contribution in [0.25, 0.3) is 0 Å². The van der Waals surface area contributed by atoms with Crippen LogP contribution in [0.5, 0.6) is 0 Å². The van der Waals surface area contributed by atoms with E-state index >= 15 is 0 Å². The van der Waals surface area contributed by atoms with Crippen LogP contribution in [-0.4, -0.2) is 18.6 Å². The molecular weight excluding hydrogens is 232 g/mol. The Bertz CT molecular complexity index is 443. The van der Waals surface area contributed by atoms with Crippen LogP contribution in [-0.2, 0) is 6.42 Å². The fourth-order valence-electron chi connectivity index (χ4n) is 4.41. The van der Waals surface area contributed by atoms with Crippen molar-refractivity contribution in [1.82, 2.24) is 0 Å². The summed E-state index contributed by atoms with van der Waals surface area (Å²) in [6, 6.07) is 8.91. The molecule has 0 bridgehead atoms. The quantitative estimate of drug-likeness (QED) is 0.901. The Labute approximate surface area is 117 Å². The van der Waals surface area contributed by atoms with Crippen LogP contribution in [0.1, 0.15) is 44.6 Å². The van der Waals surface area contributed by atoms with Gasteiger partial charge in [0, 0.05) is 18.8 Å². The van der Waals surface area contributed by atoms with Gasteiger partial charge in [-0.05, 0) is 36.8 Å². The van der Waals surface area contributed by atoms with Gasteiger partial charge in [0.2, 0.25) is 0 Å². The molecule has 1 heterocycles. The molecule has 0 saturated heterocycles. The van der Waals surface area contributed by atoms with Crippen LogP contribution < -0.4 is 10.6 Å². The first-order chi connectivity index (χ1) is 9.31. The molecule has 2 N–H and O–H groups in total. The van der Waals surface area contributed by atoms with E-state index in [2.05, 4.69) is 36.1 Å². The van der Waals surface area contributed by atoms with Crippen molar-refractivity contribution in [3.05, 3.63) is 29.8 Å². The van der Waals surface area contributed by atoms with E-state index in [1.54, 1.807) is 0 Å². The van der Waals surface area contributed by atoms with E-state index in [4.69, 9.17) is 5.73 Å². The largest absolute Gasteiger partial charge is 0.364 e. The van der Waals surface area contributed by atoms with Crippen molar-refractivity contribution in [1.29, 1.82) is 0 Å². The van der Waals surface area contributed by atoms with Gasteiger partial charge in [0.05, 0.1) is 5.54 Å². The summed E-state index contributed by atoms with van der Waals surface area (Å²) in [5, 5.41) is 0. The van der Waals surface area contributed by atoms with Gasteiger partial charge in [-0.3, -0.25) is 0 Å². The third kappa shape index (κ3) is 1.97. The van der Waals surface area contributed by atoms with Crippen LogP contribution in [0.3, 0.4) is 0 Å². The van der Waals surface area contributed by atoms with Gasteiger partial charge in [0.25, 0.3) is 0 Å². The molecule has 0 radical (unpaired) electrons. The van der Waals surface area contributed by atoms with Crippen molar-refractivity contribution >= 4 is 5.69 Å². The van der Waals surface area contributed by atoms with Crippen molar-refractivity contribution in [2.45, 2.75) is 51.0 Å². The average molecular weight is 258 g/mol. The van der Waals surface area contributed by atoms with Crippen molar-refractivity contribution in [2.75, 3.05) is 18.0 Å². The van der Waals surface area contributed by atoms with Gasteiger partial charge in [-0.2, -0.15) is 0 Å². The molecule has 1 aliphatic carbocycles. The number of para-hydroxylation sites is 1. The molecule has 3 rings (SSSR count). The number of nitrogens with zero attached hydrogens (tertiary/aromatic N) is 1. The second-order valence-corrected chi connectivity index (χ2v) is 6.19. The van der Waals surface area contributed by atoms with Crippen LogP contribution in [0.15, 0.2) is 24.3 Å². The summed E-state index contributed by atoms with van der Waals surface area (Å²) in [5.41, 5.74) is 9.48. The van der Waals surface area contributed by atoms with Crippen LogP contribution in [0, 0.1) is 5.92 Å². The third-order valence-corrected chi connectivity index (χ3v) is 5.44. The second kappa shape index (κ2) is 5.16. The molecule has 104 valence electrons. The molecule has 2 heteroatoms. The van der Waals surface area contributed by atoms with Gasteiger partial charge < -0.3 is 10.6 Å². The summed E-state index contributed by atoms with van der Waals surface area (Å²) in [5.74, 6) is 0.761. The first-order valence-corrected chi connectivity index (χ1v) is 7.87. The molecule has 2 atom stereocenters. The van der Waals surface area contributed by atoms with Crippen LogP contribution in [0.2, 0.25) is 0 Å². The van der Waals surface area contributed by atoms with Gasteiger partial charge in [-0.1, -0.05) is 44.4 Å². The molecule has 1 aliphatic heterocycles. The van der Waals surface area contributed by atoms with Crippen LogP contribution >= 0.6 is 0 Å². The fourth-order valence-corrected chi connectivity index (χ4v) is 4.41. The standard InChI is InChI=1S/C17H26N2/c1-2-15-8-5-6-11-17(15,13-18)19-12-10-14-7-3-4-9-16(14)19/h3-4,7,9,15H,2,5-6,8,10-13,18H2,1H3. The van der Waals surface area contributed by atoms with Crippen LogP contribution in [0.4, 0.5) is 5.69 Å². The second-order valence-electron chi connectivity index (χ2n) is 6.19. The zero-order chi connectivity index (χ0) is 13.3. The number of hydrogen-bond acceptors (Lipinski definition) is 2. The predicted molar refractivity (Wildman–Crippen MR) is 81.5 cm³/mol. The topological polar surface area (TPSA) is 29.3 Å². The van der Waals surface area contributed by atoms with Crippen molar-refractivity contribution in [2.24, 2.45) is 11.7 Å². The van der Waals surface area contributed by atoms with E-state index in [0.717, 1.165) is 19.0 Å². The molecule has 1 fully saturated rings. The first-order valence-electron chi connectivity index (χ1n) is 7.87. The number of fused-ring (bicyclic) bond motifs is 1. The van der Waals surface area contributed by atoms with Gasteiger partial charge >= 0.3 is 0 Å². The fraction of sp³-hybridized carbons (Fsp3) is 0.647. The van der Waals surface area contributed by atoms with E-state index in [1.807, 2.05) is 0 Å². The van der Waals surface area contributed by atoms with Gasteiger partial charge in [0.15, 0.2) is 0 Å². The molecule has 1 aromatic carbocycles. The minimum absolute atomic E-state index is 0.222. The molecule has 19 heavy (non-hydrogen) atoms. The number of rotatable bonds is 3. The minimum atomic E-state index is 0.222. The smallest absolute Gasteiger partial charge is 0.0552 e. The highest BCUT2D eigenvalue weighted by atomic mass is 15.2. The molecule has 2 unspecified atom stereocenters. The Morgan fingerprint density at radius 2 is 2.16 bits per heavy atom. The van der Waals surface area contributed by atoms with E-state index in [9.17, 15) is 0 Å². The van der Waals surface area contributed by atoms with E-state index in [-0.39, 0.29) is 5.54 Å². The Kier molecular flexibility index (Phi) is 3.53. The monoisotopic (exact) mass is 258 g/mol. The van der Waals surface area contributed by atoms with Crippen molar-refractivity contribution in [3.8, 4) is 0 Å². The summed E-state index contributed by atoms with van der Waals surface area (Å²) in [6.07, 6.45) is 7.80. The molecule has 1 saturated carbocycles. The summed E-state index contributed by atoms with van der Waals surface area (Å²) in [4.78, 5) is 2.66. The molecule has 2 aliphatic rings. The molecule has 1 aromatic rings. The predicted octanol–water partition coefficient (Wildman–Crippen LogP) is 3.35. The average Bonchev–Trinajstić information content (AvgIpc) is 2.91. The molecule has 0 amide bonds. The van der Waals surface area contributed by atoms with Gasteiger partial charge in [-0.15, -0.1) is 0 Å². The minimum Gasteiger partial charge on any atom is -0.364 e.